The van der Waals surface area contributed by atoms with Crippen LogP contribution in [0.1, 0.15) is 50.2 Å². The monoisotopic (exact) mass is 233 g/mol. The Hall–Kier alpha value is -0.760. The van der Waals surface area contributed by atoms with Crippen LogP contribution in [-0.2, 0) is 0 Å². The van der Waals surface area contributed by atoms with Gasteiger partial charge in [-0.25, -0.2) is 0 Å². The van der Waals surface area contributed by atoms with E-state index in [4.69, 9.17) is 4.42 Å². The molecule has 1 aromatic rings. The highest BCUT2D eigenvalue weighted by Gasteiger charge is 2.48. The third-order valence-corrected chi connectivity index (χ3v) is 4.43. The lowest BCUT2D eigenvalue weighted by atomic mass is 9.92. The summed E-state index contributed by atoms with van der Waals surface area (Å²) in [6.45, 7) is 5.35. The Kier molecular flexibility index (Phi) is 2.99. The van der Waals surface area contributed by atoms with Crippen LogP contribution >= 0.6 is 0 Å². The number of fused-ring (bicyclic) bond motifs is 1. The molecule has 2 fully saturated rings. The molecule has 94 valence electrons. The summed E-state index contributed by atoms with van der Waals surface area (Å²) in [4.78, 5) is 0. The molecule has 0 spiro atoms. The highest BCUT2D eigenvalue weighted by molar-refractivity contribution is 5.13. The van der Waals surface area contributed by atoms with Crippen molar-refractivity contribution in [1.29, 1.82) is 0 Å². The van der Waals surface area contributed by atoms with Crippen LogP contribution in [0.3, 0.4) is 0 Å². The third-order valence-electron chi connectivity index (χ3n) is 4.43. The van der Waals surface area contributed by atoms with Gasteiger partial charge < -0.3 is 9.73 Å². The summed E-state index contributed by atoms with van der Waals surface area (Å²) >= 11 is 0. The van der Waals surface area contributed by atoms with E-state index in [9.17, 15) is 0 Å². The van der Waals surface area contributed by atoms with E-state index in [0.717, 1.165) is 35.8 Å². The number of hydrogen-bond donors (Lipinski definition) is 1. The van der Waals surface area contributed by atoms with Gasteiger partial charge in [0.15, 0.2) is 0 Å². The standard InChI is InChI=1S/C15H23NO/c1-3-6-16-15(14-5-4-10(2)17-14)13-8-11-7-12(11)9-13/h4-5,11-13,15-16H,3,6-9H2,1-2H3. The first-order chi connectivity index (χ1) is 8.28. The maximum atomic E-state index is 5.84. The van der Waals surface area contributed by atoms with Gasteiger partial charge in [0.25, 0.3) is 0 Å². The van der Waals surface area contributed by atoms with Gasteiger partial charge >= 0.3 is 0 Å². The number of rotatable bonds is 5. The second kappa shape index (κ2) is 4.49. The second-order valence-electron chi connectivity index (χ2n) is 5.87. The van der Waals surface area contributed by atoms with Gasteiger partial charge in [-0.2, -0.15) is 0 Å². The summed E-state index contributed by atoms with van der Waals surface area (Å²) in [6.07, 6.45) is 5.50. The molecule has 0 aromatic carbocycles. The first-order valence-corrected chi connectivity index (χ1v) is 7.07. The first-order valence-electron chi connectivity index (χ1n) is 7.07. The summed E-state index contributed by atoms with van der Waals surface area (Å²) in [5.41, 5.74) is 0. The molecule has 2 nitrogen and oxygen atoms in total. The molecule has 0 bridgehead atoms. The zero-order valence-corrected chi connectivity index (χ0v) is 10.9. The van der Waals surface area contributed by atoms with Crippen molar-refractivity contribution in [3.8, 4) is 0 Å². The topological polar surface area (TPSA) is 25.2 Å². The largest absolute Gasteiger partial charge is 0.465 e. The summed E-state index contributed by atoms with van der Waals surface area (Å²) < 4.78 is 5.84. The number of furan rings is 1. The highest BCUT2D eigenvalue weighted by Crippen LogP contribution is 2.57. The lowest BCUT2D eigenvalue weighted by Crippen LogP contribution is -2.28. The van der Waals surface area contributed by atoms with Crippen LogP contribution in [0, 0.1) is 24.7 Å². The van der Waals surface area contributed by atoms with Crippen LogP contribution < -0.4 is 5.32 Å². The summed E-state index contributed by atoms with van der Waals surface area (Å²) in [5, 5.41) is 3.69. The average molecular weight is 233 g/mol. The van der Waals surface area contributed by atoms with Crippen molar-refractivity contribution < 1.29 is 4.42 Å². The lowest BCUT2D eigenvalue weighted by molar-refractivity contribution is 0.292. The predicted octanol–water partition coefficient (Wildman–Crippen LogP) is 3.67. The second-order valence-corrected chi connectivity index (χ2v) is 5.87. The van der Waals surface area contributed by atoms with Gasteiger partial charge in [0.2, 0.25) is 0 Å². The molecule has 3 atom stereocenters. The maximum absolute atomic E-state index is 5.84. The third kappa shape index (κ3) is 2.28. The van der Waals surface area contributed by atoms with Crippen molar-refractivity contribution >= 4 is 0 Å². The van der Waals surface area contributed by atoms with Crippen LogP contribution in [-0.4, -0.2) is 6.54 Å². The molecule has 2 aliphatic rings. The zero-order valence-electron chi connectivity index (χ0n) is 10.9. The average Bonchev–Trinajstić information content (AvgIpc) is 2.74. The SMILES string of the molecule is CCCNC(c1ccc(C)o1)C1CC2CC2C1. The van der Waals surface area contributed by atoms with Gasteiger partial charge in [0, 0.05) is 0 Å². The van der Waals surface area contributed by atoms with Crippen LogP contribution in [0.5, 0.6) is 0 Å². The number of hydrogen-bond acceptors (Lipinski definition) is 2. The van der Waals surface area contributed by atoms with Crippen LogP contribution in [0.2, 0.25) is 0 Å². The van der Waals surface area contributed by atoms with Gasteiger partial charge in [-0.3, -0.25) is 0 Å². The summed E-state index contributed by atoms with van der Waals surface area (Å²) in [6, 6.07) is 4.70. The molecule has 2 aliphatic carbocycles. The smallest absolute Gasteiger partial charge is 0.121 e. The first kappa shape index (κ1) is 11.3. The zero-order chi connectivity index (χ0) is 11.8. The molecule has 3 rings (SSSR count). The fourth-order valence-electron chi connectivity index (χ4n) is 3.45. The molecule has 2 saturated carbocycles. The normalized spacial score (nSPS) is 32.5. The van der Waals surface area contributed by atoms with E-state index in [1.807, 2.05) is 6.92 Å². The molecule has 0 saturated heterocycles. The Morgan fingerprint density at radius 3 is 2.65 bits per heavy atom. The molecule has 3 unspecified atom stereocenters. The molecule has 17 heavy (non-hydrogen) atoms. The van der Waals surface area contributed by atoms with Crippen molar-refractivity contribution in [2.75, 3.05) is 6.54 Å². The number of aryl methyl sites for hydroxylation is 1. The molecule has 1 aromatic heterocycles. The van der Waals surface area contributed by atoms with E-state index >= 15 is 0 Å². The summed E-state index contributed by atoms with van der Waals surface area (Å²) in [7, 11) is 0. The van der Waals surface area contributed by atoms with Gasteiger partial charge in [-0.05, 0) is 69.0 Å². The Balaban J connectivity index is 1.71. The van der Waals surface area contributed by atoms with Crippen LogP contribution in [0.25, 0.3) is 0 Å². The fourth-order valence-corrected chi connectivity index (χ4v) is 3.45. The molecule has 0 amide bonds. The highest BCUT2D eigenvalue weighted by atomic mass is 16.3. The molecule has 1 N–H and O–H groups in total. The molecule has 0 aliphatic heterocycles. The summed E-state index contributed by atoms with van der Waals surface area (Å²) in [5.74, 6) is 5.08. The quantitative estimate of drug-likeness (QED) is 0.839. The van der Waals surface area contributed by atoms with E-state index in [1.165, 1.54) is 25.7 Å². The molecule has 0 radical (unpaired) electrons. The minimum atomic E-state index is 0.455. The minimum absolute atomic E-state index is 0.455. The Morgan fingerprint density at radius 2 is 2.06 bits per heavy atom. The maximum Gasteiger partial charge on any atom is 0.121 e. The minimum Gasteiger partial charge on any atom is -0.465 e. The molecular weight excluding hydrogens is 210 g/mol. The fraction of sp³-hybridized carbons (Fsp3) is 0.733. The van der Waals surface area contributed by atoms with Crippen molar-refractivity contribution in [1.82, 2.24) is 5.32 Å². The van der Waals surface area contributed by atoms with Crippen molar-refractivity contribution in [2.24, 2.45) is 17.8 Å². The van der Waals surface area contributed by atoms with Crippen molar-refractivity contribution in [3.63, 3.8) is 0 Å². The van der Waals surface area contributed by atoms with Crippen LogP contribution in [0.15, 0.2) is 16.5 Å². The molecule has 1 heterocycles. The van der Waals surface area contributed by atoms with E-state index < -0.39 is 0 Å². The lowest BCUT2D eigenvalue weighted by Gasteiger charge is -2.24. The van der Waals surface area contributed by atoms with Crippen LogP contribution in [0.4, 0.5) is 0 Å². The molecular formula is C15H23NO. The predicted molar refractivity (Wildman–Crippen MR) is 68.8 cm³/mol. The van der Waals surface area contributed by atoms with Gasteiger partial charge in [-0.1, -0.05) is 6.92 Å². The van der Waals surface area contributed by atoms with Gasteiger partial charge in [0.05, 0.1) is 6.04 Å². The van der Waals surface area contributed by atoms with Gasteiger partial charge in [-0.15, -0.1) is 0 Å². The van der Waals surface area contributed by atoms with E-state index in [-0.39, 0.29) is 0 Å². The van der Waals surface area contributed by atoms with E-state index in [1.54, 1.807) is 0 Å². The van der Waals surface area contributed by atoms with Crippen molar-refractivity contribution in [3.05, 3.63) is 23.7 Å². The Labute approximate surface area is 104 Å². The van der Waals surface area contributed by atoms with E-state index in [2.05, 4.69) is 24.4 Å². The molecule has 2 heteroatoms. The Morgan fingerprint density at radius 1 is 1.29 bits per heavy atom. The van der Waals surface area contributed by atoms with E-state index in [0.29, 0.717) is 6.04 Å². The van der Waals surface area contributed by atoms with Crippen molar-refractivity contribution in [2.45, 2.75) is 45.6 Å². The number of nitrogens with one attached hydrogen (secondary N) is 1. The Bertz CT molecular complexity index is 374. The van der Waals surface area contributed by atoms with Gasteiger partial charge in [0.1, 0.15) is 11.5 Å².